The number of nitrogens with zero attached hydrogens (tertiary/aromatic N) is 3. The normalized spacial score (nSPS) is 18.1. The first-order valence-electron chi connectivity index (χ1n) is 13.2. The van der Waals surface area contributed by atoms with Crippen LogP contribution in [-0.2, 0) is 9.53 Å². The molecule has 2 aliphatic heterocycles. The van der Waals surface area contributed by atoms with Gasteiger partial charge in [0.1, 0.15) is 11.5 Å². The lowest BCUT2D eigenvalue weighted by molar-refractivity contribution is -0.139. The molecule has 0 radical (unpaired) electrons. The van der Waals surface area contributed by atoms with E-state index in [0.29, 0.717) is 67.6 Å². The van der Waals surface area contributed by atoms with Gasteiger partial charge in [-0.3, -0.25) is 14.6 Å². The molecule has 0 unspecified atom stereocenters. The lowest BCUT2D eigenvalue weighted by Crippen LogP contribution is -2.53. The summed E-state index contributed by atoms with van der Waals surface area (Å²) in [6.45, 7) is 6.85. The summed E-state index contributed by atoms with van der Waals surface area (Å²) >= 11 is 0. The fourth-order valence-electron chi connectivity index (χ4n) is 4.99. The van der Waals surface area contributed by atoms with Crippen LogP contribution in [0.25, 0.3) is 0 Å². The topological polar surface area (TPSA) is 101 Å². The maximum Gasteiger partial charge on any atom is 0.338 e. The largest absolute Gasteiger partial charge is 0.497 e. The van der Waals surface area contributed by atoms with Crippen molar-refractivity contribution in [1.29, 1.82) is 0 Å². The number of nitrogens with one attached hydrogen (secondary N) is 1. The SMILES string of the molecule is CCOC(=O)C1=C(CN2CCN(C(=O)c3cccc(OC)c3)CC2)N(CC)C(=O)N[C@H]1c1cccc(OC)c1. The van der Waals surface area contributed by atoms with E-state index >= 15 is 0 Å². The third-order valence-corrected chi connectivity index (χ3v) is 7.03. The molecule has 1 fully saturated rings. The lowest BCUT2D eigenvalue weighted by Gasteiger charge is -2.40. The van der Waals surface area contributed by atoms with Crippen molar-refractivity contribution in [3.8, 4) is 11.5 Å². The Balaban J connectivity index is 1.59. The number of piperazine rings is 1. The van der Waals surface area contributed by atoms with Gasteiger partial charge in [-0.2, -0.15) is 0 Å². The molecule has 0 spiro atoms. The zero-order chi connectivity index (χ0) is 27.9. The van der Waals surface area contributed by atoms with Crippen LogP contribution in [0.3, 0.4) is 0 Å². The van der Waals surface area contributed by atoms with E-state index < -0.39 is 12.0 Å². The molecule has 10 heteroatoms. The van der Waals surface area contributed by atoms with Gasteiger partial charge in [0.2, 0.25) is 0 Å². The highest BCUT2D eigenvalue weighted by Gasteiger charge is 2.38. The van der Waals surface area contributed by atoms with Crippen molar-refractivity contribution in [2.24, 2.45) is 0 Å². The zero-order valence-electron chi connectivity index (χ0n) is 22.9. The van der Waals surface area contributed by atoms with Gasteiger partial charge in [0.05, 0.1) is 32.4 Å². The van der Waals surface area contributed by atoms with E-state index in [4.69, 9.17) is 14.2 Å². The molecule has 2 aliphatic rings. The second-order valence-corrected chi connectivity index (χ2v) is 9.28. The van der Waals surface area contributed by atoms with Crippen molar-refractivity contribution >= 4 is 17.9 Å². The average Bonchev–Trinajstić information content (AvgIpc) is 2.97. The standard InChI is InChI=1S/C29H36N4O6/c1-5-33-24(19-31-13-15-32(16-14-31)27(34)21-10-8-12-23(18-21)38-4)25(28(35)39-6-2)26(30-29(33)36)20-9-7-11-22(17-20)37-3/h7-12,17-18,26H,5-6,13-16,19H2,1-4H3,(H,30,36)/t26-/m0/s1. The van der Waals surface area contributed by atoms with Crippen LogP contribution in [0.1, 0.15) is 35.8 Å². The summed E-state index contributed by atoms with van der Waals surface area (Å²) in [7, 11) is 3.15. The van der Waals surface area contributed by atoms with Crippen LogP contribution in [-0.4, -0.2) is 92.7 Å². The molecule has 39 heavy (non-hydrogen) atoms. The van der Waals surface area contributed by atoms with Crippen molar-refractivity contribution in [1.82, 2.24) is 20.0 Å². The minimum absolute atomic E-state index is 0.0507. The number of benzene rings is 2. The zero-order valence-corrected chi connectivity index (χ0v) is 22.9. The van der Waals surface area contributed by atoms with E-state index in [9.17, 15) is 14.4 Å². The highest BCUT2D eigenvalue weighted by atomic mass is 16.5. The summed E-state index contributed by atoms with van der Waals surface area (Å²) in [5.74, 6) is 0.746. The van der Waals surface area contributed by atoms with Gasteiger partial charge in [-0.25, -0.2) is 9.59 Å². The molecule has 3 amide bonds. The summed E-state index contributed by atoms with van der Waals surface area (Å²) in [5.41, 5.74) is 2.33. The van der Waals surface area contributed by atoms with Crippen molar-refractivity contribution < 1.29 is 28.6 Å². The molecule has 0 bridgehead atoms. The first-order valence-corrected chi connectivity index (χ1v) is 13.2. The van der Waals surface area contributed by atoms with E-state index in [0.717, 1.165) is 5.56 Å². The highest BCUT2D eigenvalue weighted by Crippen LogP contribution is 2.33. The van der Waals surface area contributed by atoms with Crippen LogP contribution >= 0.6 is 0 Å². The first kappa shape index (κ1) is 28.0. The predicted octanol–water partition coefficient (Wildman–Crippen LogP) is 3.07. The fraction of sp³-hybridized carbons (Fsp3) is 0.414. The summed E-state index contributed by atoms with van der Waals surface area (Å²) < 4.78 is 16.1. The molecule has 2 aromatic rings. The number of hydrogen-bond acceptors (Lipinski definition) is 7. The maximum absolute atomic E-state index is 13.3. The van der Waals surface area contributed by atoms with Gasteiger partial charge < -0.3 is 24.4 Å². The van der Waals surface area contributed by atoms with Gasteiger partial charge in [0.25, 0.3) is 5.91 Å². The van der Waals surface area contributed by atoms with Gasteiger partial charge in [-0.05, 0) is 49.7 Å². The number of rotatable bonds is 9. The third-order valence-electron chi connectivity index (χ3n) is 7.03. The van der Waals surface area contributed by atoms with E-state index in [2.05, 4.69) is 10.2 Å². The summed E-state index contributed by atoms with van der Waals surface area (Å²) in [5, 5.41) is 2.98. The molecule has 0 aromatic heterocycles. The Morgan fingerprint density at radius 1 is 0.949 bits per heavy atom. The van der Waals surface area contributed by atoms with Gasteiger partial charge in [0, 0.05) is 50.5 Å². The Morgan fingerprint density at radius 3 is 2.26 bits per heavy atom. The number of esters is 1. The molecule has 2 heterocycles. The predicted molar refractivity (Wildman–Crippen MR) is 146 cm³/mol. The minimum atomic E-state index is -0.680. The lowest BCUT2D eigenvalue weighted by atomic mass is 9.94. The number of carbonyl (C=O) groups is 3. The van der Waals surface area contributed by atoms with Gasteiger partial charge >= 0.3 is 12.0 Å². The smallest absolute Gasteiger partial charge is 0.338 e. The van der Waals surface area contributed by atoms with E-state index in [1.807, 2.05) is 42.2 Å². The Kier molecular flexibility index (Phi) is 9.08. The highest BCUT2D eigenvalue weighted by molar-refractivity contribution is 5.95. The van der Waals surface area contributed by atoms with Crippen molar-refractivity contribution in [2.75, 3.05) is 60.1 Å². The van der Waals surface area contributed by atoms with Crippen molar-refractivity contribution in [3.63, 3.8) is 0 Å². The Morgan fingerprint density at radius 2 is 1.62 bits per heavy atom. The van der Waals surface area contributed by atoms with Gasteiger partial charge in [0.15, 0.2) is 0 Å². The Labute approximate surface area is 229 Å². The molecule has 208 valence electrons. The first-order chi connectivity index (χ1) is 18.9. The van der Waals surface area contributed by atoms with Crippen LogP contribution in [0.4, 0.5) is 4.79 Å². The number of likely N-dealkylation sites (N-methyl/N-ethyl adjacent to an activating group) is 1. The molecule has 2 aromatic carbocycles. The van der Waals surface area contributed by atoms with Crippen LogP contribution in [0.15, 0.2) is 59.8 Å². The molecular weight excluding hydrogens is 500 g/mol. The van der Waals surface area contributed by atoms with Crippen LogP contribution in [0, 0.1) is 0 Å². The second-order valence-electron chi connectivity index (χ2n) is 9.28. The number of amides is 3. The quantitative estimate of drug-likeness (QED) is 0.492. The van der Waals surface area contributed by atoms with Crippen LogP contribution in [0.5, 0.6) is 11.5 Å². The Bertz CT molecular complexity index is 1240. The number of urea groups is 1. The van der Waals surface area contributed by atoms with Crippen molar-refractivity contribution in [3.05, 3.63) is 70.9 Å². The molecule has 1 N–H and O–H groups in total. The Hall–Kier alpha value is -4.05. The molecule has 1 saturated heterocycles. The summed E-state index contributed by atoms with van der Waals surface area (Å²) in [6.07, 6.45) is 0. The fourth-order valence-corrected chi connectivity index (χ4v) is 4.99. The molecule has 10 nitrogen and oxygen atoms in total. The summed E-state index contributed by atoms with van der Waals surface area (Å²) in [6, 6.07) is 13.5. The van der Waals surface area contributed by atoms with E-state index in [-0.39, 0.29) is 18.5 Å². The third kappa shape index (κ3) is 6.17. The molecule has 4 rings (SSSR count). The minimum Gasteiger partial charge on any atom is -0.497 e. The monoisotopic (exact) mass is 536 g/mol. The number of carbonyl (C=O) groups excluding carboxylic acids is 3. The average molecular weight is 537 g/mol. The summed E-state index contributed by atoms with van der Waals surface area (Å²) in [4.78, 5) is 45.2. The molecule has 0 aliphatic carbocycles. The van der Waals surface area contributed by atoms with Crippen LogP contribution < -0.4 is 14.8 Å². The molecular formula is C29H36N4O6. The number of ether oxygens (including phenoxy) is 3. The number of hydrogen-bond donors (Lipinski definition) is 1. The number of methoxy groups -OCH3 is 2. The molecule has 0 saturated carbocycles. The maximum atomic E-state index is 13.3. The molecule has 1 atom stereocenters. The van der Waals surface area contributed by atoms with E-state index in [1.165, 1.54) is 0 Å². The van der Waals surface area contributed by atoms with Gasteiger partial charge in [-0.1, -0.05) is 18.2 Å². The van der Waals surface area contributed by atoms with Gasteiger partial charge in [-0.15, -0.1) is 0 Å². The van der Waals surface area contributed by atoms with Crippen LogP contribution in [0.2, 0.25) is 0 Å². The second kappa shape index (κ2) is 12.7. The van der Waals surface area contributed by atoms with E-state index in [1.54, 1.807) is 44.2 Å². The van der Waals surface area contributed by atoms with Crippen molar-refractivity contribution in [2.45, 2.75) is 19.9 Å².